The number of pyridine rings is 2. The highest BCUT2D eigenvalue weighted by Crippen LogP contribution is 2.18. The van der Waals surface area contributed by atoms with Gasteiger partial charge in [-0.1, -0.05) is 6.07 Å². The number of nitrogens with one attached hydrogen (secondary N) is 1. The number of ether oxygens (including phenoxy) is 1. The van der Waals surface area contributed by atoms with Crippen molar-refractivity contribution >= 4 is 11.7 Å². The van der Waals surface area contributed by atoms with E-state index < -0.39 is 11.7 Å². The van der Waals surface area contributed by atoms with Crippen LogP contribution in [0.15, 0.2) is 36.5 Å². The SMILES string of the molecule is CN1CCC(Oc2cccc(NC(=O)c3ccc(F)cn3)n2)CC1. The third kappa shape index (κ3) is 4.26. The molecule has 6 nitrogen and oxygen atoms in total. The van der Waals surface area contributed by atoms with Crippen molar-refractivity contribution < 1.29 is 13.9 Å². The second-order valence-corrected chi connectivity index (χ2v) is 5.80. The van der Waals surface area contributed by atoms with Gasteiger partial charge in [-0.05, 0) is 38.1 Å². The van der Waals surface area contributed by atoms with Crippen LogP contribution in [0.3, 0.4) is 0 Å². The van der Waals surface area contributed by atoms with E-state index in [2.05, 4.69) is 27.2 Å². The van der Waals surface area contributed by atoms with Crippen LogP contribution in [0.2, 0.25) is 0 Å². The predicted octanol–water partition coefficient (Wildman–Crippen LogP) is 2.34. The van der Waals surface area contributed by atoms with Gasteiger partial charge < -0.3 is 15.0 Å². The van der Waals surface area contributed by atoms with Gasteiger partial charge in [0.2, 0.25) is 5.88 Å². The molecule has 126 valence electrons. The first kappa shape index (κ1) is 16.3. The lowest BCUT2D eigenvalue weighted by atomic mass is 10.1. The highest BCUT2D eigenvalue weighted by Gasteiger charge is 2.18. The number of rotatable bonds is 4. The number of piperidine rings is 1. The summed E-state index contributed by atoms with van der Waals surface area (Å²) in [6.07, 6.45) is 3.04. The molecule has 1 N–H and O–H groups in total. The van der Waals surface area contributed by atoms with Crippen molar-refractivity contribution in [3.63, 3.8) is 0 Å². The molecule has 0 saturated carbocycles. The van der Waals surface area contributed by atoms with Crippen LogP contribution < -0.4 is 10.1 Å². The first-order chi connectivity index (χ1) is 11.6. The molecule has 0 unspecified atom stereocenters. The molecule has 2 aromatic rings. The number of aromatic nitrogens is 2. The van der Waals surface area contributed by atoms with Gasteiger partial charge in [-0.15, -0.1) is 0 Å². The van der Waals surface area contributed by atoms with Gasteiger partial charge in [0.05, 0.1) is 6.20 Å². The third-order valence-corrected chi connectivity index (χ3v) is 3.88. The number of anilines is 1. The fraction of sp³-hybridized carbons (Fsp3) is 0.353. The molecular weight excluding hydrogens is 311 g/mol. The van der Waals surface area contributed by atoms with E-state index in [9.17, 15) is 9.18 Å². The van der Waals surface area contributed by atoms with Gasteiger partial charge in [0.15, 0.2) is 0 Å². The smallest absolute Gasteiger partial charge is 0.275 e. The minimum absolute atomic E-state index is 0.125. The Hall–Kier alpha value is -2.54. The maximum Gasteiger partial charge on any atom is 0.275 e. The van der Waals surface area contributed by atoms with Crippen molar-refractivity contribution in [2.75, 3.05) is 25.5 Å². The monoisotopic (exact) mass is 330 g/mol. The number of carbonyl (C=O) groups is 1. The minimum atomic E-state index is -0.488. The molecule has 0 radical (unpaired) electrons. The molecule has 2 aromatic heterocycles. The third-order valence-electron chi connectivity index (χ3n) is 3.88. The molecular formula is C17H19FN4O2. The van der Waals surface area contributed by atoms with Crippen molar-refractivity contribution in [2.24, 2.45) is 0 Å². The van der Waals surface area contributed by atoms with Gasteiger partial charge in [0, 0.05) is 19.2 Å². The summed E-state index contributed by atoms with van der Waals surface area (Å²) in [6, 6.07) is 7.72. The van der Waals surface area contributed by atoms with Crippen LogP contribution in [0.1, 0.15) is 23.3 Å². The lowest BCUT2D eigenvalue weighted by molar-refractivity contribution is 0.102. The van der Waals surface area contributed by atoms with Gasteiger partial charge in [-0.3, -0.25) is 4.79 Å². The molecule has 24 heavy (non-hydrogen) atoms. The molecule has 1 aliphatic rings. The van der Waals surface area contributed by atoms with Crippen molar-refractivity contribution in [3.05, 3.63) is 48.0 Å². The molecule has 7 heteroatoms. The standard InChI is InChI=1S/C17H19FN4O2/c1-22-9-7-13(8-10-22)24-16-4-2-3-15(20-16)21-17(23)14-6-5-12(18)11-19-14/h2-6,11,13H,7-10H2,1H3,(H,20,21,23). The summed E-state index contributed by atoms with van der Waals surface area (Å²) in [5.74, 6) is -0.0805. The zero-order valence-corrected chi connectivity index (χ0v) is 13.4. The summed E-state index contributed by atoms with van der Waals surface area (Å²) in [5, 5.41) is 2.64. The van der Waals surface area contributed by atoms with Crippen molar-refractivity contribution in [1.29, 1.82) is 0 Å². The average Bonchev–Trinajstić information content (AvgIpc) is 2.58. The topological polar surface area (TPSA) is 67.3 Å². The van der Waals surface area contributed by atoms with Gasteiger partial charge in [-0.25, -0.2) is 9.37 Å². The van der Waals surface area contributed by atoms with Gasteiger partial charge in [0.1, 0.15) is 23.4 Å². The molecule has 0 aromatic carbocycles. The van der Waals surface area contributed by atoms with E-state index >= 15 is 0 Å². The number of hydrogen-bond donors (Lipinski definition) is 1. The molecule has 1 aliphatic heterocycles. The van der Waals surface area contributed by atoms with Crippen LogP contribution in [0.25, 0.3) is 0 Å². The Morgan fingerprint density at radius 1 is 1.29 bits per heavy atom. The van der Waals surface area contributed by atoms with Crippen LogP contribution in [0.5, 0.6) is 5.88 Å². The van der Waals surface area contributed by atoms with E-state index in [0.29, 0.717) is 11.7 Å². The zero-order chi connectivity index (χ0) is 16.9. The largest absolute Gasteiger partial charge is 0.474 e. The molecule has 3 rings (SSSR count). The Morgan fingerprint density at radius 3 is 2.79 bits per heavy atom. The quantitative estimate of drug-likeness (QED) is 0.932. The summed E-state index contributed by atoms with van der Waals surface area (Å²) < 4.78 is 18.7. The van der Waals surface area contributed by atoms with Crippen LogP contribution >= 0.6 is 0 Å². The van der Waals surface area contributed by atoms with E-state index in [-0.39, 0.29) is 11.8 Å². The summed E-state index contributed by atoms with van der Waals surface area (Å²) >= 11 is 0. The van der Waals surface area contributed by atoms with Crippen molar-refractivity contribution in [1.82, 2.24) is 14.9 Å². The number of amides is 1. The number of nitrogens with zero attached hydrogens (tertiary/aromatic N) is 3. The van der Waals surface area contributed by atoms with Crippen LogP contribution in [0.4, 0.5) is 10.2 Å². The lowest BCUT2D eigenvalue weighted by Crippen LogP contribution is -2.35. The van der Waals surface area contributed by atoms with E-state index in [1.165, 1.54) is 12.1 Å². The molecule has 1 saturated heterocycles. The normalized spacial score (nSPS) is 15.9. The summed E-state index contributed by atoms with van der Waals surface area (Å²) in [4.78, 5) is 22.4. The maximum atomic E-state index is 12.9. The Morgan fingerprint density at radius 2 is 2.08 bits per heavy atom. The van der Waals surface area contributed by atoms with Crippen LogP contribution in [-0.4, -0.2) is 47.0 Å². The molecule has 1 fully saturated rings. The predicted molar refractivity (Wildman–Crippen MR) is 87.5 cm³/mol. The first-order valence-electron chi connectivity index (χ1n) is 7.85. The molecule has 1 amide bonds. The molecule has 0 aliphatic carbocycles. The van der Waals surface area contributed by atoms with Crippen molar-refractivity contribution in [3.8, 4) is 5.88 Å². The second kappa shape index (κ2) is 7.35. The van der Waals surface area contributed by atoms with Gasteiger partial charge >= 0.3 is 0 Å². The van der Waals surface area contributed by atoms with Crippen molar-refractivity contribution in [2.45, 2.75) is 18.9 Å². The van der Waals surface area contributed by atoms with Gasteiger partial charge in [0.25, 0.3) is 5.91 Å². The van der Waals surface area contributed by atoms with E-state index in [1.807, 2.05) is 0 Å². The Labute approximate surface area is 139 Å². The van der Waals surface area contributed by atoms with E-state index in [0.717, 1.165) is 32.1 Å². The van der Waals surface area contributed by atoms with E-state index in [4.69, 9.17) is 4.74 Å². The molecule has 0 atom stereocenters. The molecule has 3 heterocycles. The Bertz CT molecular complexity index is 700. The van der Waals surface area contributed by atoms with Crippen LogP contribution in [0, 0.1) is 5.82 Å². The number of likely N-dealkylation sites (tertiary alicyclic amines) is 1. The zero-order valence-electron chi connectivity index (χ0n) is 13.4. The highest BCUT2D eigenvalue weighted by atomic mass is 19.1. The summed E-state index contributed by atoms with van der Waals surface area (Å²) in [5.41, 5.74) is 0.125. The fourth-order valence-electron chi connectivity index (χ4n) is 2.51. The van der Waals surface area contributed by atoms with E-state index in [1.54, 1.807) is 18.2 Å². The fourth-order valence-corrected chi connectivity index (χ4v) is 2.51. The summed E-state index contributed by atoms with van der Waals surface area (Å²) in [7, 11) is 2.09. The Balaban J connectivity index is 1.62. The summed E-state index contributed by atoms with van der Waals surface area (Å²) in [6.45, 7) is 1.99. The minimum Gasteiger partial charge on any atom is -0.474 e. The molecule has 0 bridgehead atoms. The van der Waals surface area contributed by atoms with Crippen LogP contribution in [-0.2, 0) is 0 Å². The molecule has 0 spiro atoms. The number of carbonyl (C=O) groups excluding carboxylic acids is 1. The maximum absolute atomic E-state index is 12.9. The first-order valence-corrected chi connectivity index (χ1v) is 7.85. The highest BCUT2D eigenvalue weighted by molar-refractivity contribution is 6.02. The second-order valence-electron chi connectivity index (χ2n) is 5.80. The average molecular weight is 330 g/mol. The number of hydrogen-bond acceptors (Lipinski definition) is 5. The Kier molecular flexibility index (Phi) is 5.00. The van der Waals surface area contributed by atoms with Gasteiger partial charge in [-0.2, -0.15) is 4.98 Å². The lowest BCUT2D eigenvalue weighted by Gasteiger charge is -2.28. The number of halogens is 1.